The van der Waals surface area contributed by atoms with Crippen LogP contribution >= 0.6 is 0 Å². The van der Waals surface area contributed by atoms with Gasteiger partial charge in [0.25, 0.3) is 0 Å². The highest BCUT2D eigenvalue weighted by molar-refractivity contribution is 5.31. The van der Waals surface area contributed by atoms with Gasteiger partial charge in [-0.25, -0.2) is 0 Å². The van der Waals surface area contributed by atoms with Gasteiger partial charge in [0.15, 0.2) is 0 Å². The molecule has 1 unspecified atom stereocenters. The molecule has 0 bridgehead atoms. The van der Waals surface area contributed by atoms with Crippen molar-refractivity contribution in [1.29, 1.82) is 0 Å². The Hall–Kier alpha value is -0.820. The van der Waals surface area contributed by atoms with Crippen LogP contribution in [0.3, 0.4) is 0 Å². The Balaban J connectivity index is 1.60. The molecule has 1 heteroatoms. The summed E-state index contributed by atoms with van der Waals surface area (Å²) < 4.78 is 0. The monoisotopic (exact) mass is 285 g/mol. The third-order valence-electron chi connectivity index (χ3n) is 5.60. The molecule has 1 saturated carbocycles. The standard InChI is InChI=1S/C20H31N/c1-2-7-16-12-14-18(15-13-16)21-20-11-6-4-9-17-8-3-5-10-19(17)20/h3,5,8,10,16,18,20-21H,2,4,6-7,9,11-15H2,1H3. The topological polar surface area (TPSA) is 12.0 Å². The minimum Gasteiger partial charge on any atom is -0.307 e. The maximum Gasteiger partial charge on any atom is 0.0325 e. The summed E-state index contributed by atoms with van der Waals surface area (Å²) in [5.74, 6) is 1.01. The van der Waals surface area contributed by atoms with E-state index in [-0.39, 0.29) is 0 Å². The fraction of sp³-hybridized carbons (Fsp3) is 0.700. The summed E-state index contributed by atoms with van der Waals surface area (Å²) in [6, 6.07) is 10.5. The van der Waals surface area contributed by atoms with E-state index in [1.165, 1.54) is 64.2 Å². The van der Waals surface area contributed by atoms with E-state index in [2.05, 4.69) is 36.5 Å². The molecular formula is C20H31N. The highest BCUT2D eigenvalue weighted by atomic mass is 15.0. The van der Waals surface area contributed by atoms with Crippen molar-refractivity contribution >= 4 is 0 Å². The van der Waals surface area contributed by atoms with Crippen LogP contribution in [0.25, 0.3) is 0 Å². The van der Waals surface area contributed by atoms with E-state index in [0.29, 0.717) is 6.04 Å². The maximum absolute atomic E-state index is 4.02. The molecule has 0 radical (unpaired) electrons. The van der Waals surface area contributed by atoms with Gasteiger partial charge in [-0.2, -0.15) is 0 Å². The van der Waals surface area contributed by atoms with Crippen molar-refractivity contribution in [3.8, 4) is 0 Å². The van der Waals surface area contributed by atoms with Crippen molar-refractivity contribution in [2.24, 2.45) is 5.92 Å². The minimum absolute atomic E-state index is 0.608. The Morgan fingerprint density at radius 3 is 2.62 bits per heavy atom. The van der Waals surface area contributed by atoms with E-state index in [1.54, 1.807) is 11.1 Å². The van der Waals surface area contributed by atoms with Crippen LogP contribution in [-0.2, 0) is 6.42 Å². The highest BCUT2D eigenvalue weighted by Gasteiger charge is 2.25. The van der Waals surface area contributed by atoms with Crippen molar-refractivity contribution in [2.45, 2.75) is 83.2 Å². The van der Waals surface area contributed by atoms with E-state index in [0.717, 1.165) is 12.0 Å². The first-order chi connectivity index (χ1) is 10.4. The van der Waals surface area contributed by atoms with Gasteiger partial charge in [-0.1, -0.05) is 50.5 Å². The molecule has 1 atom stereocenters. The normalized spacial score (nSPS) is 29.7. The zero-order chi connectivity index (χ0) is 14.5. The molecule has 0 aromatic heterocycles. The Bertz CT molecular complexity index is 431. The number of hydrogen-bond acceptors (Lipinski definition) is 1. The molecule has 0 aliphatic heterocycles. The van der Waals surface area contributed by atoms with Crippen LogP contribution in [0.5, 0.6) is 0 Å². The SMILES string of the molecule is CCCC1CCC(NC2CCCCc3ccccc32)CC1. The van der Waals surface area contributed by atoms with E-state index >= 15 is 0 Å². The van der Waals surface area contributed by atoms with E-state index in [4.69, 9.17) is 0 Å². The summed E-state index contributed by atoms with van der Waals surface area (Å²) in [6.07, 6.45) is 13.8. The van der Waals surface area contributed by atoms with Crippen molar-refractivity contribution in [3.05, 3.63) is 35.4 Å². The molecule has 116 valence electrons. The summed E-state index contributed by atoms with van der Waals surface area (Å²) in [6.45, 7) is 2.33. The third-order valence-corrected chi connectivity index (χ3v) is 5.60. The van der Waals surface area contributed by atoms with Crippen LogP contribution in [0.2, 0.25) is 0 Å². The lowest BCUT2D eigenvalue weighted by molar-refractivity contribution is 0.259. The molecule has 2 aliphatic rings. The largest absolute Gasteiger partial charge is 0.307 e. The van der Waals surface area contributed by atoms with Crippen molar-refractivity contribution in [2.75, 3.05) is 0 Å². The first kappa shape index (κ1) is 15.1. The Labute approximate surface area is 130 Å². The van der Waals surface area contributed by atoms with E-state index < -0.39 is 0 Å². The van der Waals surface area contributed by atoms with Crippen LogP contribution in [0.4, 0.5) is 0 Å². The summed E-state index contributed by atoms with van der Waals surface area (Å²) in [5, 5.41) is 4.02. The lowest BCUT2D eigenvalue weighted by Crippen LogP contribution is -2.36. The van der Waals surface area contributed by atoms with Crippen LogP contribution in [0.1, 0.15) is 81.9 Å². The van der Waals surface area contributed by atoms with Crippen LogP contribution < -0.4 is 5.32 Å². The number of hydrogen-bond donors (Lipinski definition) is 1. The van der Waals surface area contributed by atoms with Gasteiger partial charge in [-0.15, -0.1) is 0 Å². The maximum atomic E-state index is 4.02. The second-order valence-electron chi connectivity index (χ2n) is 7.17. The zero-order valence-electron chi connectivity index (χ0n) is 13.6. The molecule has 0 heterocycles. The fourth-order valence-corrected chi connectivity index (χ4v) is 4.40. The highest BCUT2D eigenvalue weighted by Crippen LogP contribution is 2.32. The number of fused-ring (bicyclic) bond motifs is 1. The molecule has 21 heavy (non-hydrogen) atoms. The minimum atomic E-state index is 0.608. The number of benzene rings is 1. The molecule has 1 aromatic carbocycles. The molecule has 1 nitrogen and oxygen atoms in total. The second kappa shape index (κ2) is 7.45. The van der Waals surface area contributed by atoms with Crippen molar-refractivity contribution < 1.29 is 0 Å². The van der Waals surface area contributed by atoms with E-state index in [9.17, 15) is 0 Å². The molecule has 1 fully saturated rings. The number of nitrogens with one attached hydrogen (secondary N) is 1. The van der Waals surface area contributed by atoms with Gasteiger partial charge in [-0.05, 0) is 62.0 Å². The zero-order valence-corrected chi connectivity index (χ0v) is 13.6. The summed E-state index contributed by atoms with van der Waals surface area (Å²) in [5.41, 5.74) is 3.18. The predicted molar refractivity (Wildman–Crippen MR) is 90.5 cm³/mol. The number of aryl methyl sites for hydroxylation is 1. The molecule has 0 spiro atoms. The van der Waals surface area contributed by atoms with Gasteiger partial charge in [-0.3, -0.25) is 0 Å². The Morgan fingerprint density at radius 1 is 1.00 bits per heavy atom. The molecule has 2 aliphatic carbocycles. The average Bonchev–Trinajstić information content (AvgIpc) is 2.72. The molecule has 1 aromatic rings. The van der Waals surface area contributed by atoms with Gasteiger partial charge >= 0.3 is 0 Å². The first-order valence-corrected chi connectivity index (χ1v) is 9.20. The Kier molecular flexibility index (Phi) is 5.35. The van der Waals surface area contributed by atoms with Gasteiger partial charge in [0.1, 0.15) is 0 Å². The predicted octanol–water partition coefficient (Wildman–Crippen LogP) is 5.40. The second-order valence-corrected chi connectivity index (χ2v) is 7.17. The van der Waals surface area contributed by atoms with Gasteiger partial charge < -0.3 is 5.32 Å². The average molecular weight is 285 g/mol. The molecule has 3 rings (SSSR count). The van der Waals surface area contributed by atoms with Crippen molar-refractivity contribution in [1.82, 2.24) is 5.32 Å². The Morgan fingerprint density at radius 2 is 1.81 bits per heavy atom. The molecular weight excluding hydrogens is 254 g/mol. The van der Waals surface area contributed by atoms with Gasteiger partial charge in [0.05, 0.1) is 0 Å². The first-order valence-electron chi connectivity index (χ1n) is 9.20. The summed E-state index contributed by atoms with van der Waals surface area (Å²) in [7, 11) is 0. The fourth-order valence-electron chi connectivity index (χ4n) is 4.40. The van der Waals surface area contributed by atoms with Crippen LogP contribution in [-0.4, -0.2) is 6.04 Å². The third kappa shape index (κ3) is 3.88. The summed E-state index contributed by atoms with van der Waals surface area (Å²) >= 11 is 0. The lowest BCUT2D eigenvalue weighted by atomic mass is 9.83. The smallest absolute Gasteiger partial charge is 0.0325 e. The van der Waals surface area contributed by atoms with Crippen LogP contribution in [0.15, 0.2) is 24.3 Å². The van der Waals surface area contributed by atoms with Crippen LogP contribution in [0, 0.1) is 5.92 Å². The van der Waals surface area contributed by atoms with Gasteiger partial charge in [0, 0.05) is 12.1 Å². The van der Waals surface area contributed by atoms with Gasteiger partial charge in [0.2, 0.25) is 0 Å². The van der Waals surface area contributed by atoms with E-state index in [1.807, 2.05) is 0 Å². The molecule has 0 saturated heterocycles. The molecule has 0 amide bonds. The van der Waals surface area contributed by atoms with Crippen molar-refractivity contribution in [3.63, 3.8) is 0 Å². The summed E-state index contributed by atoms with van der Waals surface area (Å²) in [4.78, 5) is 0. The number of rotatable bonds is 4. The quantitative estimate of drug-likeness (QED) is 0.730. The lowest BCUT2D eigenvalue weighted by Gasteiger charge is -2.32. The molecule has 1 N–H and O–H groups in total.